The Labute approximate surface area is 209 Å². The van der Waals surface area contributed by atoms with Crippen molar-refractivity contribution < 1.29 is 23.9 Å². The van der Waals surface area contributed by atoms with E-state index in [1.165, 1.54) is 19.1 Å². The van der Waals surface area contributed by atoms with Gasteiger partial charge in [-0.1, -0.05) is 54.5 Å². The fourth-order valence-electron chi connectivity index (χ4n) is 5.72. The first-order valence-electron chi connectivity index (χ1n) is 11.6. The van der Waals surface area contributed by atoms with Crippen molar-refractivity contribution in [2.24, 2.45) is 4.99 Å². The molecule has 0 unspecified atom stereocenters. The van der Waals surface area contributed by atoms with Gasteiger partial charge in [-0.25, -0.2) is 14.6 Å². The third-order valence-corrected chi connectivity index (χ3v) is 7.14. The van der Waals surface area contributed by atoms with Gasteiger partial charge in [-0.05, 0) is 23.6 Å². The number of piperidine rings is 1. The molecule has 0 aromatic heterocycles. The predicted octanol–water partition coefficient (Wildman–Crippen LogP) is 2.58. The van der Waals surface area contributed by atoms with E-state index in [0.29, 0.717) is 18.8 Å². The summed E-state index contributed by atoms with van der Waals surface area (Å²) in [5.74, 6) is 1.26. The van der Waals surface area contributed by atoms with Gasteiger partial charge in [0.05, 0.1) is 37.8 Å². The normalized spacial score (nSPS) is 22.2. The van der Waals surface area contributed by atoms with Crippen LogP contribution in [0, 0.1) is 12.3 Å². The third kappa shape index (κ3) is 3.31. The van der Waals surface area contributed by atoms with E-state index in [0.717, 1.165) is 16.8 Å². The maximum absolute atomic E-state index is 13.3. The van der Waals surface area contributed by atoms with Gasteiger partial charge in [-0.2, -0.15) is 0 Å². The van der Waals surface area contributed by atoms with E-state index in [9.17, 15) is 14.4 Å². The standard InChI is InChI=1S/C28H25N3O5/c1-4-16-30-21(32)14-15-28-19-12-8-9-13-20(19)31(17-18-10-6-5-7-11-18)24(28)22(25(33)35-2)23(26(34)36-3)29-27(28)30/h1,5-13,24H,14-17H2,2-3H3/t24-,28-/m0/s1. The second kappa shape index (κ2) is 9.00. The van der Waals surface area contributed by atoms with Crippen molar-refractivity contribution >= 4 is 29.4 Å². The molecule has 182 valence electrons. The van der Waals surface area contributed by atoms with Crippen LogP contribution >= 0.6 is 0 Å². The van der Waals surface area contributed by atoms with Crippen LogP contribution in [-0.2, 0) is 35.8 Å². The minimum absolute atomic E-state index is 0.00496. The smallest absolute Gasteiger partial charge is 0.357 e. The van der Waals surface area contributed by atoms with Crippen molar-refractivity contribution in [1.29, 1.82) is 0 Å². The summed E-state index contributed by atoms with van der Waals surface area (Å²) >= 11 is 0. The summed E-state index contributed by atoms with van der Waals surface area (Å²) in [4.78, 5) is 47.6. The fourth-order valence-corrected chi connectivity index (χ4v) is 5.72. The lowest BCUT2D eigenvalue weighted by Gasteiger charge is -2.48. The second-order valence-corrected chi connectivity index (χ2v) is 8.87. The lowest BCUT2D eigenvalue weighted by Crippen LogP contribution is -2.63. The molecule has 3 heterocycles. The predicted molar refractivity (Wildman–Crippen MR) is 133 cm³/mol. The molecule has 8 nitrogen and oxygen atoms in total. The molecule has 0 radical (unpaired) electrons. The molecule has 3 aliphatic rings. The molecule has 1 amide bonds. The SMILES string of the molecule is C#CCN1C(=O)CC[C@@]23C1=NC(C(=O)OC)=C(C(=O)OC)[C@@H]2N(Cc1ccccc1)c1ccccc13. The van der Waals surface area contributed by atoms with Crippen LogP contribution in [0.2, 0.25) is 0 Å². The number of esters is 2. The zero-order valence-electron chi connectivity index (χ0n) is 20.1. The number of likely N-dealkylation sites (tertiary alicyclic amines) is 1. The van der Waals surface area contributed by atoms with Gasteiger partial charge in [-0.15, -0.1) is 6.42 Å². The molecule has 36 heavy (non-hydrogen) atoms. The summed E-state index contributed by atoms with van der Waals surface area (Å²) in [6.07, 6.45) is 6.24. The zero-order chi connectivity index (χ0) is 25.4. The van der Waals surface area contributed by atoms with Gasteiger partial charge in [0.25, 0.3) is 0 Å². The summed E-state index contributed by atoms with van der Waals surface area (Å²) in [7, 11) is 2.50. The summed E-state index contributed by atoms with van der Waals surface area (Å²) in [6, 6.07) is 17.0. The first kappa shape index (κ1) is 23.4. The van der Waals surface area contributed by atoms with Gasteiger partial charge >= 0.3 is 11.9 Å². The molecule has 3 aliphatic heterocycles. The van der Waals surface area contributed by atoms with Crippen molar-refractivity contribution in [2.75, 3.05) is 25.7 Å². The van der Waals surface area contributed by atoms with Crippen LogP contribution in [0.1, 0.15) is 24.0 Å². The molecule has 2 aromatic rings. The van der Waals surface area contributed by atoms with Crippen molar-refractivity contribution in [2.45, 2.75) is 30.8 Å². The molecule has 0 saturated carbocycles. The van der Waals surface area contributed by atoms with Crippen LogP contribution in [0.5, 0.6) is 0 Å². The molecule has 1 saturated heterocycles. The topological polar surface area (TPSA) is 88.5 Å². The van der Waals surface area contributed by atoms with Gasteiger partial charge in [0.2, 0.25) is 5.91 Å². The number of carbonyl (C=O) groups excluding carboxylic acids is 3. The molecule has 5 rings (SSSR count). The van der Waals surface area contributed by atoms with E-state index in [1.807, 2.05) is 54.6 Å². The first-order chi connectivity index (χ1) is 17.5. The minimum Gasteiger partial charge on any atom is -0.466 e. The Bertz CT molecular complexity index is 1360. The highest BCUT2D eigenvalue weighted by Crippen LogP contribution is 2.56. The fraction of sp³-hybridized carbons (Fsp3) is 0.286. The Kier molecular flexibility index (Phi) is 5.84. The van der Waals surface area contributed by atoms with Gasteiger partial charge in [-0.3, -0.25) is 9.69 Å². The quantitative estimate of drug-likeness (QED) is 0.480. The number of amides is 1. The highest BCUT2D eigenvalue weighted by Gasteiger charge is 2.63. The summed E-state index contributed by atoms with van der Waals surface area (Å²) in [5.41, 5.74) is 1.87. The van der Waals surface area contributed by atoms with E-state index in [1.54, 1.807) is 0 Å². The number of terminal acetylenes is 1. The number of ether oxygens (including phenoxy) is 2. The molecule has 0 N–H and O–H groups in total. The number of methoxy groups -OCH3 is 2. The number of carbonyl (C=O) groups is 3. The van der Waals surface area contributed by atoms with E-state index in [4.69, 9.17) is 15.9 Å². The Hall–Kier alpha value is -4.38. The lowest BCUT2D eigenvalue weighted by atomic mass is 9.65. The Balaban J connectivity index is 1.84. The van der Waals surface area contributed by atoms with Gasteiger partial charge < -0.3 is 14.4 Å². The molecule has 0 bridgehead atoms. The summed E-state index contributed by atoms with van der Waals surface area (Å²) < 4.78 is 10.2. The first-order valence-corrected chi connectivity index (χ1v) is 11.6. The molecular formula is C28H25N3O5. The zero-order valence-corrected chi connectivity index (χ0v) is 20.1. The average molecular weight is 484 g/mol. The molecule has 1 spiro atoms. The molecule has 1 fully saturated rings. The van der Waals surface area contributed by atoms with Crippen LogP contribution in [0.15, 0.2) is 70.9 Å². The van der Waals surface area contributed by atoms with Gasteiger partial charge in [0.1, 0.15) is 5.84 Å². The van der Waals surface area contributed by atoms with E-state index in [-0.39, 0.29) is 30.1 Å². The van der Waals surface area contributed by atoms with E-state index >= 15 is 0 Å². The maximum Gasteiger partial charge on any atom is 0.357 e. The van der Waals surface area contributed by atoms with Crippen LogP contribution in [0.4, 0.5) is 5.69 Å². The van der Waals surface area contributed by atoms with Crippen LogP contribution < -0.4 is 4.90 Å². The number of anilines is 1. The lowest BCUT2D eigenvalue weighted by molar-refractivity contribution is -0.140. The highest BCUT2D eigenvalue weighted by atomic mass is 16.5. The minimum atomic E-state index is -0.892. The van der Waals surface area contributed by atoms with Gasteiger partial charge in [0, 0.05) is 18.7 Å². The Morgan fingerprint density at radius 2 is 1.78 bits per heavy atom. The van der Waals surface area contributed by atoms with Crippen LogP contribution in [0.3, 0.4) is 0 Å². The number of hydrogen-bond acceptors (Lipinski definition) is 7. The molecule has 8 heteroatoms. The molecule has 2 atom stereocenters. The van der Waals surface area contributed by atoms with Crippen molar-refractivity contribution in [3.63, 3.8) is 0 Å². The highest BCUT2D eigenvalue weighted by molar-refractivity contribution is 6.16. The third-order valence-electron chi connectivity index (χ3n) is 7.14. The Morgan fingerprint density at radius 1 is 1.08 bits per heavy atom. The number of benzene rings is 2. The summed E-state index contributed by atoms with van der Waals surface area (Å²) in [6.45, 7) is 0.449. The van der Waals surface area contributed by atoms with Gasteiger partial charge in [0.15, 0.2) is 5.70 Å². The summed E-state index contributed by atoms with van der Waals surface area (Å²) in [5, 5.41) is 0. The van der Waals surface area contributed by atoms with Crippen molar-refractivity contribution in [1.82, 2.24) is 4.90 Å². The molecular weight excluding hydrogens is 458 g/mol. The average Bonchev–Trinajstić information content (AvgIpc) is 3.19. The number of aliphatic imine (C=N–C) groups is 1. The van der Waals surface area contributed by atoms with Crippen molar-refractivity contribution in [3.8, 4) is 12.3 Å². The molecule has 2 aromatic carbocycles. The van der Waals surface area contributed by atoms with Crippen molar-refractivity contribution in [3.05, 3.63) is 77.0 Å². The Morgan fingerprint density at radius 3 is 2.47 bits per heavy atom. The number of nitrogens with zero attached hydrogens (tertiary/aromatic N) is 3. The number of hydrogen-bond donors (Lipinski definition) is 0. The van der Waals surface area contributed by atoms with E-state index < -0.39 is 23.4 Å². The van der Waals surface area contributed by atoms with Crippen LogP contribution in [0.25, 0.3) is 0 Å². The number of rotatable bonds is 5. The number of amidine groups is 1. The molecule has 0 aliphatic carbocycles. The maximum atomic E-state index is 13.3. The number of para-hydroxylation sites is 1. The largest absolute Gasteiger partial charge is 0.466 e. The van der Waals surface area contributed by atoms with Crippen LogP contribution in [-0.4, -0.2) is 55.4 Å². The second-order valence-electron chi connectivity index (χ2n) is 8.87. The monoisotopic (exact) mass is 483 g/mol. The number of fused-ring (bicyclic) bond motifs is 1. The van der Waals surface area contributed by atoms with E-state index in [2.05, 4.69) is 15.8 Å².